The molecular weight excluding hydrogens is 284 g/mol. The fraction of sp³-hybridized carbons (Fsp3) is 0.231. The van der Waals surface area contributed by atoms with Crippen LogP contribution in [-0.2, 0) is 13.0 Å². The van der Waals surface area contributed by atoms with Gasteiger partial charge >= 0.3 is 0 Å². The van der Waals surface area contributed by atoms with Gasteiger partial charge in [-0.05, 0) is 24.7 Å². The molecule has 0 aliphatic carbocycles. The van der Waals surface area contributed by atoms with E-state index in [0.717, 1.165) is 23.2 Å². The summed E-state index contributed by atoms with van der Waals surface area (Å²) in [6, 6.07) is 3.11. The molecule has 0 spiro atoms. The zero-order valence-corrected chi connectivity index (χ0v) is 11.3. The minimum atomic E-state index is -0.561. The van der Waals surface area contributed by atoms with Crippen molar-refractivity contribution in [1.29, 1.82) is 0 Å². The number of hydrogen-bond acceptors (Lipinski definition) is 4. The van der Waals surface area contributed by atoms with E-state index >= 15 is 0 Å². The summed E-state index contributed by atoms with van der Waals surface area (Å²) >= 11 is 1.34. The van der Waals surface area contributed by atoms with Gasteiger partial charge in [-0.25, -0.2) is 13.8 Å². The monoisotopic (exact) mass is 297 g/mol. The van der Waals surface area contributed by atoms with Crippen LogP contribution in [0.15, 0.2) is 23.6 Å². The second kappa shape index (κ2) is 6.53. The summed E-state index contributed by atoms with van der Waals surface area (Å²) in [5, 5.41) is 4.89. The Bertz CT molecular complexity index is 615. The van der Waals surface area contributed by atoms with Gasteiger partial charge in [0, 0.05) is 23.9 Å². The summed E-state index contributed by atoms with van der Waals surface area (Å²) in [7, 11) is 0. The van der Waals surface area contributed by atoms with Gasteiger partial charge in [-0.3, -0.25) is 4.79 Å². The van der Waals surface area contributed by atoms with Gasteiger partial charge in [0.25, 0.3) is 5.91 Å². The molecule has 0 bridgehead atoms. The van der Waals surface area contributed by atoms with Crippen LogP contribution in [0.4, 0.5) is 8.78 Å². The summed E-state index contributed by atoms with van der Waals surface area (Å²) in [5.41, 5.74) is 5.75. The van der Waals surface area contributed by atoms with Crippen molar-refractivity contribution >= 4 is 17.2 Å². The second-order valence-corrected chi connectivity index (χ2v) is 5.03. The zero-order valence-electron chi connectivity index (χ0n) is 10.5. The SMILES string of the molecule is NCCc1nc(C(=O)NCc2cc(F)ccc2F)cs1. The number of carbonyl (C=O) groups excluding carboxylic acids is 1. The van der Waals surface area contributed by atoms with Crippen LogP contribution in [0.1, 0.15) is 21.1 Å². The molecule has 0 radical (unpaired) electrons. The minimum absolute atomic E-state index is 0.0911. The van der Waals surface area contributed by atoms with E-state index in [-0.39, 0.29) is 17.8 Å². The Labute approximate surface area is 118 Å². The van der Waals surface area contributed by atoms with Gasteiger partial charge in [-0.1, -0.05) is 0 Å². The fourth-order valence-corrected chi connectivity index (χ4v) is 2.39. The number of nitrogens with two attached hydrogens (primary N) is 1. The molecule has 0 atom stereocenters. The maximum absolute atomic E-state index is 13.4. The van der Waals surface area contributed by atoms with Gasteiger partial charge in [-0.2, -0.15) is 0 Å². The summed E-state index contributed by atoms with van der Waals surface area (Å²) in [5.74, 6) is -1.53. The van der Waals surface area contributed by atoms with Crippen LogP contribution in [-0.4, -0.2) is 17.4 Å². The molecular formula is C13H13F2N3OS. The Morgan fingerprint density at radius 2 is 2.20 bits per heavy atom. The molecule has 1 aromatic carbocycles. The lowest BCUT2D eigenvalue weighted by molar-refractivity contribution is 0.0946. The Kier molecular flexibility index (Phi) is 4.75. The van der Waals surface area contributed by atoms with Crippen molar-refractivity contribution in [2.75, 3.05) is 6.54 Å². The van der Waals surface area contributed by atoms with Crippen molar-refractivity contribution in [2.45, 2.75) is 13.0 Å². The topological polar surface area (TPSA) is 68.0 Å². The molecule has 0 fully saturated rings. The largest absolute Gasteiger partial charge is 0.346 e. The molecule has 0 saturated carbocycles. The highest BCUT2D eigenvalue weighted by Gasteiger charge is 2.11. The fourth-order valence-electron chi connectivity index (χ4n) is 1.60. The summed E-state index contributed by atoms with van der Waals surface area (Å²) in [6.45, 7) is 0.370. The summed E-state index contributed by atoms with van der Waals surface area (Å²) < 4.78 is 26.4. The molecule has 1 aromatic heterocycles. The third-order valence-electron chi connectivity index (χ3n) is 2.59. The second-order valence-electron chi connectivity index (χ2n) is 4.08. The predicted molar refractivity (Wildman–Crippen MR) is 72.4 cm³/mol. The summed E-state index contributed by atoms with van der Waals surface area (Å²) in [6.07, 6.45) is 0.608. The average Bonchev–Trinajstić information content (AvgIpc) is 2.88. The third-order valence-corrected chi connectivity index (χ3v) is 3.50. The van der Waals surface area contributed by atoms with Crippen molar-refractivity contribution in [1.82, 2.24) is 10.3 Å². The van der Waals surface area contributed by atoms with E-state index in [1.54, 1.807) is 5.38 Å². The van der Waals surface area contributed by atoms with E-state index in [1.165, 1.54) is 11.3 Å². The number of thiazole rings is 1. The van der Waals surface area contributed by atoms with Crippen molar-refractivity contribution in [3.8, 4) is 0 Å². The standard InChI is InChI=1S/C13H13F2N3OS/c14-9-1-2-10(15)8(5-9)6-17-13(19)11-7-20-12(18-11)3-4-16/h1-2,5,7H,3-4,6,16H2,(H,17,19). The van der Waals surface area contributed by atoms with Crippen LogP contribution in [0.3, 0.4) is 0 Å². The van der Waals surface area contributed by atoms with Gasteiger partial charge in [0.15, 0.2) is 0 Å². The maximum atomic E-state index is 13.4. The summed E-state index contributed by atoms with van der Waals surface area (Å²) in [4.78, 5) is 15.9. The first-order chi connectivity index (χ1) is 9.60. The predicted octanol–water partition coefficient (Wildman–Crippen LogP) is 1.85. The number of halogens is 2. The Hall–Kier alpha value is -1.86. The van der Waals surface area contributed by atoms with E-state index in [2.05, 4.69) is 10.3 Å². The highest BCUT2D eigenvalue weighted by Crippen LogP contribution is 2.12. The Balaban J connectivity index is 1.99. The third kappa shape index (κ3) is 3.58. The molecule has 3 N–H and O–H groups in total. The highest BCUT2D eigenvalue weighted by molar-refractivity contribution is 7.09. The number of nitrogens with zero attached hydrogens (tertiary/aromatic N) is 1. The lowest BCUT2D eigenvalue weighted by atomic mass is 10.2. The van der Waals surface area contributed by atoms with Gasteiger partial charge < -0.3 is 11.1 Å². The molecule has 4 nitrogen and oxygen atoms in total. The molecule has 2 rings (SSSR count). The van der Waals surface area contributed by atoms with Crippen LogP contribution in [0.5, 0.6) is 0 Å². The molecule has 20 heavy (non-hydrogen) atoms. The molecule has 2 aromatic rings. The molecule has 7 heteroatoms. The number of carbonyl (C=O) groups is 1. The first-order valence-corrected chi connectivity index (χ1v) is 6.84. The molecule has 1 amide bonds. The van der Waals surface area contributed by atoms with Crippen LogP contribution in [0.2, 0.25) is 0 Å². The van der Waals surface area contributed by atoms with Crippen molar-refractivity contribution in [2.24, 2.45) is 5.73 Å². The molecule has 0 unspecified atom stereocenters. The first-order valence-electron chi connectivity index (χ1n) is 5.96. The minimum Gasteiger partial charge on any atom is -0.346 e. The maximum Gasteiger partial charge on any atom is 0.271 e. The van der Waals surface area contributed by atoms with Gasteiger partial charge in [-0.15, -0.1) is 11.3 Å². The van der Waals surface area contributed by atoms with Crippen molar-refractivity contribution < 1.29 is 13.6 Å². The molecule has 0 aliphatic rings. The highest BCUT2D eigenvalue weighted by atomic mass is 32.1. The van der Waals surface area contributed by atoms with Crippen LogP contribution < -0.4 is 11.1 Å². The molecule has 0 aliphatic heterocycles. The number of nitrogens with one attached hydrogen (secondary N) is 1. The van der Waals surface area contributed by atoms with E-state index in [0.29, 0.717) is 13.0 Å². The van der Waals surface area contributed by atoms with Gasteiger partial charge in [0.2, 0.25) is 0 Å². The van der Waals surface area contributed by atoms with E-state index in [9.17, 15) is 13.6 Å². The molecule has 1 heterocycles. The van der Waals surface area contributed by atoms with Crippen LogP contribution in [0.25, 0.3) is 0 Å². The number of aromatic nitrogens is 1. The number of benzene rings is 1. The van der Waals surface area contributed by atoms with E-state index in [4.69, 9.17) is 5.73 Å². The Morgan fingerprint density at radius 1 is 1.40 bits per heavy atom. The van der Waals surface area contributed by atoms with E-state index in [1.807, 2.05) is 0 Å². The zero-order chi connectivity index (χ0) is 14.5. The normalized spacial score (nSPS) is 10.6. The number of rotatable bonds is 5. The molecule has 106 valence electrons. The van der Waals surface area contributed by atoms with E-state index < -0.39 is 17.5 Å². The Morgan fingerprint density at radius 3 is 2.95 bits per heavy atom. The van der Waals surface area contributed by atoms with Gasteiger partial charge in [0.05, 0.1) is 5.01 Å². The van der Waals surface area contributed by atoms with Crippen LogP contribution in [0, 0.1) is 11.6 Å². The number of amides is 1. The van der Waals surface area contributed by atoms with Crippen molar-refractivity contribution in [3.63, 3.8) is 0 Å². The molecule has 0 saturated heterocycles. The lowest BCUT2D eigenvalue weighted by Gasteiger charge is -2.05. The average molecular weight is 297 g/mol. The van der Waals surface area contributed by atoms with Crippen LogP contribution >= 0.6 is 11.3 Å². The smallest absolute Gasteiger partial charge is 0.271 e. The number of hydrogen-bond donors (Lipinski definition) is 2. The van der Waals surface area contributed by atoms with Crippen molar-refractivity contribution in [3.05, 3.63) is 51.5 Å². The van der Waals surface area contributed by atoms with Gasteiger partial charge in [0.1, 0.15) is 17.3 Å². The first kappa shape index (κ1) is 14.5. The quantitative estimate of drug-likeness (QED) is 0.885. The lowest BCUT2D eigenvalue weighted by Crippen LogP contribution is -2.23.